The van der Waals surface area contributed by atoms with E-state index in [-0.39, 0.29) is 22.6 Å². The zero-order valence-electron chi connectivity index (χ0n) is 13.5. The van der Waals surface area contributed by atoms with Gasteiger partial charge >= 0.3 is 6.18 Å². The summed E-state index contributed by atoms with van der Waals surface area (Å²) < 4.78 is 61.2. The maximum Gasteiger partial charge on any atom is 0.416 e. The highest BCUT2D eigenvalue weighted by atomic mass is 32.2. The number of aryl methyl sites for hydroxylation is 1. The van der Waals surface area contributed by atoms with Crippen LogP contribution < -0.4 is 5.32 Å². The van der Waals surface area contributed by atoms with Gasteiger partial charge in [0.25, 0.3) is 5.91 Å². The number of amides is 1. The first-order valence-corrected chi connectivity index (χ1v) is 9.27. The van der Waals surface area contributed by atoms with Crippen LogP contribution in [-0.2, 0) is 21.8 Å². The number of carbonyl (C=O) groups is 1. The van der Waals surface area contributed by atoms with E-state index in [1.165, 1.54) is 43.3 Å². The van der Waals surface area contributed by atoms with E-state index in [2.05, 4.69) is 5.32 Å². The number of anilines is 1. The van der Waals surface area contributed by atoms with Crippen LogP contribution in [0, 0.1) is 6.92 Å². The van der Waals surface area contributed by atoms with Crippen LogP contribution in [-0.4, -0.2) is 20.6 Å². The molecule has 134 valence electrons. The summed E-state index contributed by atoms with van der Waals surface area (Å²) in [7, 11) is -3.19. The van der Waals surface area contributed by atoms with E-state index in [1.807, 2.05) is 0 Å². The van der Waals surface area contributed by atoms with E-state index >= 15 is 0 Å². The third-order valence-electron chi connectivity index (χ3n) is 3.45. The predicted molar refractivity (Wildman–Crippen MR) is 89.1 cm³/mol. The second-order valence-corrected chi connectivity index (χ2v) is 7.89. The van der Waals surface area contributed by atoms with Crippen LogP contribution in [0.3, 0.4) is 0 Å². The van der Waals surface area contributed by atoms with E-state index in [1.54, 1.807) is 0 Å². The van der Waals surface area contributed by atoms with Crippen LogP contribution in [0.4, 0.5) is 18.9 Å². The molecule has 2 rings (SSSR count). The highest BCUT2D eigenvalue weighted by molar-refractivity contribution is 7.89. The van der Waals surface area contributed by atoms with E-state index in [4.69, 9.17) is 0 Å². The number of benzene rings is 2. The quantitative estimate of drug-likeness (QED) is 0.889. The molecule has 0 saturated carbocycles. The molecule has 1 N–H and O–H groups in total. The standard InChI is InChI=1S/C17H16F3NO3S/c1-11-3-8-14(9-15(11)17(18,19)20)21-16(22)13-6-4-12(5-7-13)10-25(2,23)24/h3-9H,10H2,1-2H3,(H,21,22). The summed E-state index contributed by atoms with van der Waals surface area (Å²) in [5.74, 6) is -0.732. The Morgan fingerprint density at radius 1 is 1.08 bits per heavy atom. The molecule has 0 aromatic heterocycles. The summed E-state index contributed by atoms with van der Waals surface area (Å²) in [5.41, 5.74) is 0.0210. The first-order chi connectivity index (χ1) is 11.5. The number of rotatable bonds is 4. The van der Waals surface area contributed by atoms with Gasteiger partial charge in [0.05, 0.1) is 11.3 Å². The summed E-state index contributed by atoms with van der Waals surface area (Å²) in [6, 6.07) is 9.39. The van der Waals surface area contributed by atoms with Crippen LogP contribution in [0.2, 0.25) is 0 Å². The maximum absolute atomic E-state index is 12.9. The molecule has 1 amide bonds. The number of hydrogen-bond donors (Lipinski definition) is 1. The van der Waals surface area contributed by atoms with Crippen molar-refractivity contribution < 1.29 is 26.4 Å². The molecule has 0 aliphatic rings. The van der Waals surface area contributed by atoms with Gasteiger partial charge < -0.3 is 5.32 Å². The smallest absolute Gasteiger partial charge is 0.322 e. The number of carbonyl (C=O) groups excluding carboxylic acids is 1. The van der Waals surface area contributed by atoms with E-state index < -0.39 is 27.5 Å². The van der Waals surface area contributed by atoms with Gasteiger partial charge in [0.1, 0.15) is 0 Å². The van der Waals surface area contributed by atoms with Gasteiger partial charge in [-0.05, 0) is 42.3 Å². The SMILES string of the molecule is Cc1ccc(NC(=O)c2ccc(CS(C)(=O)=O)cc2)cc1C(F)(F)F. The normalized spacial score (nSPS) is 12.0. The Bertz CT molecular complexity index is 888. The minimum Gasteiger partial charge on any atom is -0.322 e. The molecule has 8 heteroatoms. The molecule has 0 aliphatic carbocycles. The van der Waals surface area contributed by atoms with Crippen molar-refractivity contribution in [3.63, 3.8) is 0 Å². The summed E-state index contributed by atoms with van der Waals surface area (Å²) in [6.45, 7) is 1.34. The zero-order chi connectivity index (χ0) is 18.8. The maximum atomic E-state index is 12.9. The number of halogens is 3. The molecule has 4 nitrogen and oxygen atoms in total. The Labute approximate surface area is 143 Å². The van der Waals surface area contributed by atoms with Gasteiger partial charge in [0.2, 0.25) is 0 Å². The van der Waals surface area contributed by atoms with E-state index in [9.17, 15) is 26.4 Å². The van der Waals surface area contributed by atoms with Crippen molar-refractivity contribution in [3.8, 4) is 0 Å². The predicted octanol–water partition coefficient (Wildman–Crippen LogP) is 3.81. The Balaban J connectivity index is 2.17. The second-order valence-electron chi connectivity index (χ2n) is 5.75. The molecule has 0 heterocycles. The van der Waals surface area contributed by atoms with Crippen LogP contribution in [0.1, 0.15) is 27.0 Å². The van der Waals surface area contributed by atoms with Crippen LogP contribution >= 0.6 is 0 Å². The molecular weight excluding hydrogens is 355 g/mol. The summed E-state index contributed by atoms with van der Waals surface area (Å²) >= 11 is 0. The number of hydrogen-bond acceptors (Lipinski definition) is 3. The number of sulfone groups is 1. The molecule has 25 heavy (non-hydrogen) atoms. The average molecular weight is 371 g/mol. The van der Waals surface area contributed by atoms with Crippen LogP contribution in [0.25, 0.3) is 0 Å². The molecule has 2 aromatic carbocycles. The number of alkyl halides is 3. The second kappa shape index (κ2) is 6.87. The molecule has 0 radical (unpaired) electrons. The largest absolute Gasteiger partial charge is 0.416 e. The first kappa shape index (κ1) is 19.0. The number of nitrogens with one attached hydrogen (secondary N) is 1. The van der Waals surface area contributed by atoms with Gasteiger partial charge in [-0.25, -0.2) is 8.42 Å². The lowest BCUT2D eigenvalue weighted by molar-refractivity contribution is -0.138. The fraction of sp³-hybridized carbons (Fsp3) is 0.235. The minimum absolute atomic E-state index is 0.0307. The van der Waals surface area contributed by atoms with Crippen molar-refractivity contribution in [2.24, 2.45) is 0 Å². The molecule has 0 aliphatic heterocycles. The third kappa shape index (κ3) is 5.32. The highest BCUT2D eigenvalue weighted by Crippen LogP contribution is 2.33. The summed E-state index contributed by atoms with van der Waals surface area (Å²) in [5, 5.41) is 2.41. The molecule has 0 fully saturated rings. The molecule has 0 atom stereocenters. The van der Waals surface area contributed by atoms with Crippen molar-refractivity contribution in [3.05, 3.63) is 64.7 Å². The van der Waals surface area contributed by atoms with Gasteiger partial charge in [-0.3, -0.25) is 4.79 Å². The lowest BCUT2D eigenvalue weighted by atomic mass is 10.1. The molecule has 0 saturated heterocycles. The molecular formula is C17H16F3NO3S. The van der Waals surface area contributed by atoms with Crippen molar-refractivity contribution >= 4 is 21.4 Å². The summed E-state index contributed by atoms with van der Waals surface area (Å²) in [4.78, 5) is 12.1. The van der Waals surface area contributed by atoms with Crippen LogP contribution in [0.5, 0.6) is 0 Å². The molecule has 0 unspecified atom stereocenters. The van der Waals surface area contributed by atoms with Crippen molar-refractivity contribution in [2.75, 3.05) is 11.6 Å². The fourth-order valence-corrected chi connectivity index (χ4v) is 3.06. The Kier molecular flexibility index (Phi) is 5.22. The van der Waals surface area contributed by atoms with Gasteiger partial charge in [-0.1, -0.05) is 18.2 Å². The van der Waals surface area contributed by atoms with E-state index in [0.717, 1.165) is 12.3 Å². The van der Waals surface area contributed by atoms with Crippen LogP contribution in [0.15, 0.2) is 42.5 Å². The zero-order valence-corrected chi connectivity index (χ0v) is 14.3. The van der Waals surface area contributed by atoms with Gasteiger partial charge in [0, 0.05) is 17.5 Å². The van der Waals surface area contributed by atoms with Crippen molar-refractivity contribution in [1.82, 2.24) is 0 Å². The lowest BCUT2D eigenvalue weighted by Gasteiger charge is -2.13. The molecule has 0 bridgehead atoms. The highest BCUT2D eigenvalue weighted by Gasteiger charge is 2.32. The average Bonchev–Trinajstić information content (AvgIpc) is 2.47. The Morgan fingerprint density at radius 3 is 2.20 bits per heavy atom. The molecule has 0 spiro atoms. The van der Waals surface area contributed by atoms with Crippen molar-refractivity contribution in [2.45, 2.75) is 18.9 Å². The Hall–Kier alpha value is -2.35. The molecule has 2 aromatic rings. The summed E-state index contributed by atoms with van der Waals surface area (Å²) in [6.07, 6.45) is -3.40. The minimum atomic E-state index is -4.50. The van der Waals surface area contributed by atoms with Crippen molar-refractivity contribution in [1.29, 1.82) is 0 Å². The first-order valence-electron chi connectivity index (χ1n) is 7.21. The lowest BCUT2D eigenvalue weighted by Crippen LogP contribution is -2.14. The monoisotopic (exact) mass is 371 g/mol. The third-order valence-corrected chi connectivity index (χ3v) is 4.30. The topological polar surface area (TPSA) is 63.2 Å². The van der Waals surface area contributed by atoms with Gasteiger partial charge in [-0.15, -0.1) is 0 Å². The van der Waals surface area contributed by atoms with E-state index in [0.29, 0.717) is 5.56 Å². The Morgan fingerprint density at radius 2 is 1.68 bits per heavy atom. The fourth-order valence-electron chi connectivity index (χ4n) is 2.26. The van der Waals surface area contributed by atoms with Gasteiger partial charge in [0.15, 0.2) is 9.84 Å². The van der Waals surface area contributed by atoms with Gasteiger partial charge in [-0.2, -0.15) is 13.2 Å².